The molecule has 0 aliphatic carbocycles. The Kier molecular flexibility index (Phi) is 28.2. The fraction of sp³-hybridized carbons (Fsp3) is 0.378. The summed E-state index contributed by atoms with van der Waals surface area (Å²) in [6.07, 6.45) is -6.38. The molecule has 0 bridgehead atoms. The van der Waals surface area contributed by atoms with E-state index in [9.17, 15) is 4.79 Å². The summed E-state index contributed by atoms with van der Waals surface area (Å²) in [6, 6.07) is 59.6. The number of carbonyl (C=O) groups is 2. The zero-order chi connectivity index (χ0) is 65.6. The lowest BCUT2D eigenvalue weighted by Crippen LogP contribution is -2.68. The van der Waals surface area contributed by atoms with Gasteiger partial charge < -0.3 is 85.8 Å². The number of benzene rings is 7. The number of carbonyl (C=O) groups excluding carboxylic acids is 2. The molecule has 1 amide bonds. The zero-order valence-electron chi connectivity index (χ0n) is 53.8. The van der Waals surface area contributed by atoms with Crippen LogP contribution in [0.15, 0.2) is 206 Å². The fourth-order valence-electron chi connectivity index (χ4n) is 11.0. The van der Waals surface area contributed by atoms with Crippen molar-refractivity contribution >= 4 is 11.9 Å². The third kappa shape index (κ3) is 21.7. The van der Waals surface area contributed by atoms with Gasteiger partial charge in [-0.3, -0.25) is 4.79 Å². The van der Waals surface area contributed by atoms with E-state index in [1.807, 2.05) is 170 Å². The van der Waals surface area contributed by atoms with E-state index >= 15 is 4.79 Å². The van der Waals surface area contributed by atoms with Gasteiger partial charge in [-0.05, 0) is 93.6 Å². The highest BCUT2D eigenvalue weighted by Gasteiger charge is 2.58. The molecule has 20 heteroatoms. The van der Waals surface area contributed by atoms with Crippen LogP contribution in [0.5, 0.6) is 23.0 Å². The molecule has 0 saturated carbocycles. The molecular formula is C74H85NO19. The molecule has 0 radical (unpaired) electrons. The number of rotatable bonds is 39. The fourth-order valence-corrected chi connectivity index (χ4v) is 11.0. The second-order valence-corrected chi connectivity index (χ2v) is 22.4. The Balaban J connectivity index is 1.13. The van der Waals surface area contributed by atoms with Gasteiger partial charge in [-0.2, -0.15) is 0 Å². The van der Waals surface area contributed by atoms with Crippen molar-refractivity contribution in [2.45, 2.75) is 114 Å². The van der Waals surface area contributed by atoms with Crippen LogP contribution in [0.4, 0.5) is 0 Å². The highest BCUT2D eigenvalue weighted by molar-refractivity contribution is 5.80. The minimum absolute atomic E-state index is 0.0117. The molecule has 2 heterocycles. The van der Waals surface area contributed by atoms with Crippen LogP contribution in [0.2, 0.25) is 0 Å². The van der Waals surface area contributed by atoms with E-state index in [0.717, 1.165) is 33.4 Å². The second-order valence-electron chi connectivity index (χ2n) is 22.4. The van der Waals surface area contributed by atoms with Crippen LogP contribution in [0.1, 0.15) is 53.1 Å². The largest absolute Gasteiger partial charge is 0.497 e. The van der Waals surface area contributed by atoms with Gasteiger partial charge in [0.05, 0.1) is 93.4 Å². The van der Waals surface area contributed by atoms with E-state index in [1.165, 1.54) is 14.0 Å². The molecule has 2 aliphatic rings. The maximum atomic E-state index is 15.6. The molecule has 0 aromatic heterocycles. The van der Waals surface area contributed by atoms with Crippen LogP contribution in [0.25, 0.3) is 0 Å². The molecule has 7 aromatic carbocycles. The van der Waals surface area contributed by atoms with Gasteiger partial charge in [-0.25, -0.2) is 4.79 Å². The molecule has 7 aromatic rings. The van der Waals surface area contributed by atoms with E-state index in [4.69, 9.17) is 80.5 Å². The summed E-state index contributed by atoms with van der Waals surface area (Å²) in [5.74, 6) is 1.21. The maximum Gasteiger partial charge on any atom is 0.338 e. The van der Waals surface area contributed by atoms with Crippen molar-refractivity contribution in [2.24, 2.45) is 0 Å². The Bertz CT molecular complexity index is 3310. The van der Waals surface area contributed by atoms with Gasteiger partial charge in [0.2, 0.25) is 12.2 Å². The lowest BCUT2D eigenvalue weighted by atomic mass is 9.78. The number of ether oxygens (including phenoxy) is 17. The average molecular weight is 1290 g/mol. The first-order valence-electron chi connectivity index (χ1n) is 31.1. The molecular weight excluding hydrogens is 1210 g/mol. The Morgan fingerprint density at radius 1 is 0.511 bits per heavy atom. The molecule has 0 spiro atoms. The molecule has 1 fully saturated rings. The van der Waals surface area contributed by atoms with Crippen molar-refractivity contribution in [1.82, 2.24) is 5.32 Å². The van der Waals surface area contributed by atoms with Crippen LogP contribution in [0, 0.1) is 0 Å². The van der Waals surface area contributed by atoms with Crippen LogP contribution in [0.3, 0.4) is 0 Å². The second kappa shape index (κ2) is 37.7. The van der Waals surface area contributed by atoms with Gasteiger partial charge >= 0.3 is 5.97 Å². The molecule has 20 nitrogen and oxygen atoms in total. The van der Waals surface area contributed by atoms with Crippen LogP contribution in [-0.4, -0.2) is 135 Å². The van der Waals surface area contributed by atoms with Crippen molar-refractivity contribution in [3.05, 3.63) is 239 Å². The number of hydrogen-bond donors (Lipinski definition) is 1. The van der Waals surface area contributed by atoms with E-state index in [2.05, 4.69) is 5.32 Å². The molecule has 500 valence electrons. The summed E-state index contributed by atoms with van der Waals surface area (Å²) >= 11 is 0. The smallest absolute Gasteiger partial charge is 0.338 e. The van der Waals surface area contributed by atoms with E-state index in [-0.39, 0.29) is 92.9 Å². The van der Waals surface area contributed by atoms with Gasteiger partial charge in [-0.1, -0.05) is 146 Å². The van der Waals surface area contributed by atoms with E-state index in [0.29, 0.717) is 28.6 Å². The van der Waals surface area contributed by atoms with Gasteiger partial charge in [-0.15, -0.1) is 0 Å². The minimum atomic E-state index is -2.00. The summed E-state index contributed by atoms with van der Waals surface area (Å²) in [6.45, 7) is 1.26. The van der Waals surface area contributed by atoms with Crippen LogP contribution < -0.4 is 24.3 Å². The highest BCUT2D eigenvalue weighted by atomic mass is 16.7. The Labute approximate surface area is 550 Å². The summed E-state index contributed by atoms with van der Waals surface area (Å²) in [5.41, 5.74) is 3.84. The summed E-state index contributed by atoms with van der Waals surface area (Å²) in [5, 5.41) is 3.13. The summed E-state index contributed by atoms with van der Waals surface area (Å²) in [7, 11) is 6.08. The topological polar surface area (TPSA) is 203 Å². The first kappa shape index (κ1) is 70.3. The number of amides is 1. The number of nitrogens with one attached hydrogen (secondary N) is 1. The lowest BCUT2D eigenvalue weighted by molar-refractivity contribution is -0.272. The molecule has 9 rings (SSSR count). The standard InChI is InChI=1S/C74H85NO19/c1-53(76)75-69-65(89-50-84-43-55-20-12-7-13-21-55)40-74(73(77)81-5,94-72(69)71(91-52-86-45-57-24-16-9-17-25-57)66(90-51-85-44-56-22-14-8-15-23-56)47-87-49-83-42-54-18-10-6-11-19-54)39-60-38-68(92-64-36-34-63(80-4)35-37-64)93-67(48-82-41-58-26-30-61(78-2)31-27-58)70(60)88-46-59-28-32-62(79-3)33-29-59/h6-38,65-72H,39-52H2,1-5H3,(H,75,76)/t65-,66+,67+,68+,69+,70+,71-,72+,74-/m0/s1. The lowest BCUT2D eigenvalue weighted by Gasteiger charge is -2.50. The van der Waals surface area contributed by atoms with Crippen molar-refractivity contribution in [3.63, 3.8) is 0 Å². The quantitative estimate of drug-likeness (QED) is 0.0165. The molecule has 1 N–H and O–H groups in total. The molecule has 2 aliphatic heterocycles. The van der Waals surface area contributed by atoms with Gasteiger partial charge in [0.15, 0.2) is 5.60 Å². The van der Waals surface area contributed by atoms with Gasteiger partial charge in [0, 0.05) is 19.8 Å². The zero-order valence-corrected chi connectivity index (χ0v) is 53.8. The third-order valence-electron chi connectivity index (χ3n) is 15.7. The van der Waals surface area contributed by atoms with Crippen molar-refractivity contribution in [3.8, 4) is 23.0 Å². The van der Waals surface area contributed by atoms with E-state index < -0.39 is 66.4 Å². The predicted molar refractivity (Wildman–Crippen MR) is 346 cm³/mol. The first-order valence-corrected chi connectivity index (χ1v) is 31.1. The van der Waals surface area contributed by atoms with E-state index in [1.54, 1.807) is 51.7 Å². The molecule has 0 unspecified atom stereocenters. The minimum Gasteiger partial charge on any atom is -0.497 e. The van der Waals surface area contributed by atoms with Gasteiger partial charge in [0.25, 0.3) is 0 Å². The maximum absolute atomic E-state index is 15.6. The monoisotopic (exact) mass is 1290 g/mol. The van der Waals surface area contributed by atoms with Crippen molar-refractivity contribution < 1.29 is 90.1 Å². The normalized spacial score (nSPS) is 20.1. The highest BCUT2D eigenvalue weighted by Crippen LogP contribution is 2.43. The molecule has 94 heavy (non-hydrogen) atoms. The Hall–Kier alpha value is -8.06. The molecule has 9 atom stereocenters. The molecule has 1 saturated heterocycles. The van der Waals surface area contributed by atoms with Crippen LogP contribution in [-0.2, 0) is 111 Å². The first-order chi connectivity index (χ1) is 46.1. The predicted octanol–water partition coefficient (Wildman–Crippen LogP) is 11.0. The summed E-state index contributed by atoms with van der Waals surface area (Å²) in [4.78, 5) is 29.4. The number of hydrogen-bond acceptors (Lipinski definition) is 19. The average Bonchev–Trinajstić information content (AvgIpc) is 0.776. The number of methoxy groups -OCH3 is 4. The SMILES string of the molecule is COC(=O)[C@]1(CC2=C[C@H](Oc3ccc(OC)cc3)O[C@H](COCc3ccc(OC)cc3)[C@@H]2OCc2ccc(OC)cc2)C[C@H](OCOCc2ccccc2)[C@@H](NC(C)=O)[C@H]([C@@H](OCOCc2ccccc2)[C@@H](COCOCc2ccccc2)OCOCc2ccccc2)O1. The number of esters is 1. The van der Waals surface area contributed by atoms with Gasteiger partial charge in [0.1, 0.15) is 80.7 Å². The van der Waals surface area contributed by atoms with Crippen molar-refractivity contribution in [1.29, 1.82) is 0 Å². The van der Waals surface area contributed by atoms with Crippen molar-refractivity contribution in [2.75, 3.05) is 68.8 Å². The van der Waals surface area contributed by atoms with Crippen LogP contribution >= 0.6 is 0 Å². The summed E-state index contributed by atoms with van der Waals surface area (Å²) < 4.78 is 108. The Morgan fingerprint density at radius 3 is 1.48 bits per heavy atom. The Morgan fingerprint density at radius 2 is 0.968 bits per heavy atom. The third-order valence-corrected chi connectivity index (χ3v) is 15.7.